The molecule has 0 spiro atoms. The van der Waals surface area contributed by atoms with Gasteiger partial charge in [-0.2, -0.15) is 5.10 Å². The van der Waals surface area contributed by atoms with Crippen molar-refractivity contribution < 1.29 is 0 Å². The Labute approximate surface area is 111 Å². The standard InChI is InChI=1S/C13H27N5/c1-12(2)10-18-13(15-11-16-18)9-14-7-5-6-8-17(3)4/h11-12,14H,5-10H2,1-4H3. The molecule has 0 amide bonds. The number of unbranched alkanes of at least 4 members (excludes halogenated alkanes) is 1. The second kappa shape index (κ2) is 8.21. The van der Waals surface area contributed by atoms with Crippen LogP contribution in [0.4, 0.5) is 0 Å². The minimum atomic E-state index is 0.602. The molecule has 0 bridgehead atoms. The van der Waals surface area contributed by atoms with Crippen molar-refractivity contribution in [2.45, 2.75) is 39.8 Å². The zero-order valence-electron chi connectivity index (χ0n) is 12.2. The SMILES string of the molecule is CC(C)Cn1ncnc1CNCCCCN(C)C. The molecule has 1 N–H and O–H groups in total. The van der Waals surface area contributed by atoms with Gasteiger partial charge in [0.05, 0.1) is 6.54 Å². The predicted molar refractivity (Wildman–Crippen MR) is 74.4 cm³/mol. The largest absolute Gasteiger partial charge is 0.310 e. The average Bonchev–Trinajstić information content (AvgIpc) is 2.69. The van der Waals surface area contributed by atoms with Crippen LogP contribution in [0.1, 0.15) is 32.5 Å². The Morgan fingerprint density at radius 1 is 1.33 bits per heavy atom. The van der Waals surface area contributed by atoms with E-state index in [0.29, 0.717) is 5.92 Å². The van der Waals surface area contributed by atoms with E-state index in [2.05, 4.69) is 48.2 Å². The number of nitrogens with one attached hydrogen (secondary N) is 1. The minimum absolute atomic E-state index is 0.602. The second-order valence-electron chi connectivity index (χ2n) is 5.44. The van der Waals surface area contributed by atoms with E-state index < -0.39 is 0 Å². The van der Waals surface area contributed by atoms with Gasteiger partial charge in [0.1, 0.15) is 12.2 Å². The summed E-state index contributed by atoms with van der Waals surface area (Å²) in [5.74, 6) is 1.64. The van der Waals surface area contributed by atoms with Gasteiger partial charge in [-0.3, -0.25) is 0 Å². The van der Waals surface area contributed by atoms with Crippen LogP contribution in [0.25, 0.3) is 0 Å². The van der Waals surface area contributed by atoms with Gasteiger partial charge in [0.25, 0.3) is 0 Å². The first-order valence-electron chi connectivity index (χ1n) is 6.81. The lowest BCUT2D eigenvalue weighted by Crippen LogP contribution is -2.21. The molecule has 0 aliphatic carbocycles. The molecule has 0 radical (unpaired) electrons. The highest BCUT2D eigenvalue weighted by molar-refractivity contribution is 4.83. The van der Waals surface area contributed by atoms with Crippen LogP contribution in [0.15, 0.2) is 6.33 Å². The van der Waals surface area contributed by atoms with E-state index in [1.807, 2.05) is 4.68 Å². The highest BCUT2D eigenvalue weighted by Gasteiger charge is 2.05. The lowest BCUT2D eigenvalue weighted by Gasteiger charge is -2.10. The smallest absolute Gasteiger partial charge is 0.140 e. The summed E-state index contributed by atoms with van der Waals surface area (Å²) in [5.41, 5.74) is 0. The third-order valence-corrected chi connectivity index (χ3v) is 2.73. The fraction of sp³-hybridized carbons (Fsp3) is 0.846. The van der Waals surface area contributed by atoms with Crippen molar-refractivity contribution in [1.82, 2.24) is 25.0 Å². The second-order valence-corrected chi connectivity index (χ2v) is 5.44. The molecule has 0 aromatic carbocycles. The minimum Gasteiger partial charge on any atom is -0.310 e. The third kappa shape index (κ3) is 6.12. The summed E-state index contributed by atoms with van der Waals surface area (Å²) in [4.78, 5) is 6.52. The zero-order valence-corrected chi connectivity index (χ0v) is 12.2. The molecule has 0 aliphatic rings. The van der Waals surface area contributed by atoms with Crippen molar-refractivity contribution in [1.29, 1.82) is 0 Å². The molecule has 0 atom stereocenters. The summed E-state index contributed by atoms with van der Waals surface area (Å²) >= 11 is 0. The predicted octanol–water partition coefficient (Wildman–Crippen LogP) is 1.37. The lowest BCUT2D eigenvalue weighted by molar-refractivity contribution is 0.390. The third-order valence-electron chi connectivity index (χ3n) is 2.73. The topological polar surface area (TPSA) is 46.0 Å². The van der Waals surface area contributed by atoms with Gasteiger partial charge < -0.3 is 10.2 Å². The highest BCUT2D eigenvalue weighted by atomic mass is 15.3. The van der Waals surface area contributed by atoms with Crippen LogP contribution in [0.5, 0.6) is 0 Å². The van der Waals surface area contributed by atoms with Gasteiger partial charge >= 0.3 is 0 Å². The number of hydrogen-bond acceptors (Lipinski definition) is 4. The zero-order chi connectivity index (χ0) is 13.4. The van der Waals surface area contributed by atoms with Crippen LogP contribution in [0.2, 0.25) is 0 Å². The van der Waals surface area contributed by atoms with Crippen LogP contribution < -0.4 is 5.32 Å². The van der Waals surface area contributed by atoms with Gasteiger partial charge in [-0.1, -0.05) is 13.8 Å². The molecule has 1 heterocycles. The molecule has 0 fully saturated rings. The van der Waals surface area contributed by atoms with E-state index >= 15 is 0 Å². The van der Waals surface area contributed by atoms with Gasteiger partial charge in [0.15, 0.2) is 0 Å². The van der Waals surface area contributed by atoms with E-state index in [1.54, 1.807) is 6.33 Å². The Morgan fingerprint density at radius 3 is 2.78 bits per heavy atom. The summed E-state index contributed by atoms with van der Waals surface area (Å²) in [6.07, 6.45) is 4.08. The quantitative estimate of drug-likeness (QED) is 0.675. The number of aromatic nitrogens is 3. The van der Waals surface area contributed by atoms with Gasteiger partial charge in [0, 0.05) is 6.54 Å². The highest BCUT2D eigenvalue weighted by Crippen LogP contribution is 2.01. The Morgan fingerprint density at radius 2 is 2.11 bits per heavy atom. The first-order chi connectivity index (χ1) is 8.59. The van der Waals surface area contributed by atoms with Crippen LogP contribution in [0, 0.1) is 5.92 Å². The number of rotatable bonds is 9. The van der Waals surface area contributed by atoms with Crippen molar-refractivity contribution in [3.8, 4) is 0 Å². The maximum absolute atomic E-state index is 4.30. The fourth-order valence-electron chi connectivity index (χ4n) is 1.80. The monoisotopic (exact) mass is 253 g/mol. The van der Waals surface area contributed by atoms with E-state index in [4.69, 9.17) is 0 Å². The lowest BCUT2D eigenvalue weighted by atomic mass is 10.2. The molecular weight excluding hydrogens is 226 g/mol. The summed E-state index contributed by atoms with van der Waals surface area (Å²) in [7, 11) is 4.23. The van der Waals surface area contributed by atoms with Gasteiger partial charge in [-0.25, -0.2) is 9.67 Å². The Hall–Kier alpha value is -0.940. The normalized spacial score (nSPS) is 11.7. The molecular formula is C13H27N5. The molecule has 104 valence electrons. The summed E-state index contributed by atoms with van der Waals surface area (Å²) in [6, 6.07) is 0. The summed E-state index contributed by atoms with van der Waals surface area (Å²) < 4.78 is 2.00. The first-order valence-corrected chi connectivity index (χ1v) is 6.81. The maximum atomic E-state index is 4.30. The van der Waals surface area contributed by atoms with Crippen LogP contribution >= 0.6 is 0 Å². The molecule has 5 nitrogen and oxygen atoms in total. The molecule has 0 saturated carbocycles. The molecule has 0 aliphatic heterocycles. The Balaban J connectivity index is 2.17. The van der Waals surface area contributed by atoms with Crippen LogP contribution in [-0.4, -0.2) is 46.8 Å². The van der Waals surface area contributed by atoms with Crippen molar-refractivity contribution in [3.63, 3.8) is 0 Å². The molecule has 1 aromatic rings. The van der Waals surface area contributed by atoms with E-state index in [-0.39, 0.29) is 0 Å². The average molecular weight is 253 g/mol. The van der Waals surface area contributed by atoms with Gasteiger partial charge in [-0.05, 0) is 45.9 Å². The Bertz CT molecular complexity index is 319. The van der Waals surface area contributed by atoms with Crippen molar-refractivity contribution in [3.05, 3.63) is 12.2 Å². The maximum Gasteiger partial charge on any atom is 0.140 e. The number of hydrogen-bond donors (Lipinski definition) is 1. The molecule has 1 aromatic heterocycles. The van der Waals surface area contributed by atoms with E-state index in [0.717, 1.165) is 32.0 Å². The number of nitrogens with zero attached hydrogens (tertiary/aromatic N) is 4. The summed E-state index contributed by atoms with van der Waals surface area (Å²) in [6.45, 7) is 8.35. The Kier molecular flexibility index (Phi) is 6.90. The van der Waals surface area contributed by atoms with Gasteiger partial charge in [-0.15, -0.1) is 0 Å². The molecule has 0 saturated heterocycles. The molecule has 18 heavy (non-hydrogen) atoms. The van der Waals surface area contributed by atoms with E-state index in [9.17, 15) is 0 Å². The van der Waals surface area contributed by atoms with Crippen molar-refractivity contribution in [2.24, 2.45) is 5.92 Å². The van der Waals surface area contributed by atoms with Gasteiger partial charge in [0.2, 0.25) is 0 Å². The van der Waals surface area contributed by atoms with Crippen molar-refractivity contribution in [2.75, 3.05) is 27.2 Å². The fourth-order valence-corrected chi connectivity index (χ4v) is 1.80. The summed E-state index contributed by atoms with van der Waals surface area (Å²) in [5, 5.41) is 7.69. The molecule has 5 heteroatoms. The molecule has 0 unspecified atom stereocenters. The van der Waals surface area contributed by atoms with E-state index in [1.165, 1.54) is 12.8 Å². The van der Waals surface area contributed by atoms with Crippen LogP contribution in [-0.2, 0) is 13.1 Å². The molecule has 1 rings (SSSR count). The van der Waals surface area contributed by atoms with Crippen molar-refractivity contribution >= 4 is 0 Å². The van der Waals surface area contributed by atoms with Crippen LogP contribution in [0.3, 0.4) is 0 Å². The first kappa shape index (κ1) is 15.1.